The maximum absolute atomic E-state index is 13.6. The van der Waals surface area contributed by atoms with Crippen LogP contribution in [0.5, 0.6) is 0 Å². The molecule has 0 saturated carbocycles. The van der Waals surface area contributed by atoms with Gasteiger partial charge in [0.05, 0.1) is 0 Å². The van der Waals surface area contributed by atoms with Gasteiger partial charge in [0.1, 0.15) is 12.1 Å². The van der Waals surface area contributed by atoms with Crippen molar-refractivity contribution in [3.05, 3.63) is 168 Å². The number of nitrogens with one attached hydrogen (secondary N) is 2. The second-order valence-corrected chi connectivity index (χ2v) is 14.6. The van der Waals surface area contributed by atoms with Gasteiger partial charge in [-0.25, -0.2) is 9.97 Å². The van der Waals surface area contributed by atoms with Crippen molar-refractivity contribution in [3.63, 3.8) is 0 Å². The summed E-state index contributed by atoms with van der Waals surface area (Å²) in [6.07, 6.45) is 13.4. The first-order valence-corrected chi connectivity index (χ1v) is 19.6. The Kier molecular flexibility index (Phi) is 11.3. The van der Waals surface area contributed by atoms with Crippen molar-refractivity contribution in [2.75, 3.05) is 23.7 Å². The van der Waals surface area contributed by atoms with E-state index in [1.807, 2.05) is 130 Å². The van der Waals surface area contributed by atoms with Crippen LogP contribution in [0.1, 0.15) is 69.2 Å². The zero-order chi connectivity index (χ0) is 39.8. The summed E-state index contributed by atoms with van der Waals surface area (Å²) < 4.78 is 3.65. The fourth-order valence-corrected chi connectivity index (χ4v) is 7.65. The number of aromatic nitrogens is 4. The third kappa shape index (κ3) is 8.66. The highest BCUT2D eigenvalue weighted by molar-refractivity contribution is 6.01. The predicted molar refractivity (Wildman–Crippen MR) is 223 cm³/mol. The normalized spacial score (nSPS) is 16.5. The third-order valence-corrected chi connectivity index (χ3v) is 10.7. The Bertz CT molecular complexity index is 2240. The first-order chi connectivity index (χ1) is 28.4. The SMILES string of the molecule is O=C(Nc1ccc(/C=C/c2ccc(NC(=O)[C@@H]3CCCN3C(=O)c3nccn3Cc3ccccc3)cc2)cc1)[C@@H]1CCCN1C(=O)c1nccn1Cc1ccccc1. The molecule has 8 rings (SSSR count). The van der Waals surface area contributed by atoms with Crippen LogP contribution in [0.25, 0.3) is 12.2 Å². The van der Waals surface area contributed by atoms with Gasteiger partial charge in [-0.15, -0.1) is 0 Å². The van der Waals surface area contributed by atoms with Crippen LogP contribution >= 0.6 is 0 Å². The van der Waals surface area contributed by atoms with Gasteiger partial charge >= 0.3 is 0 Å². The molecule has 0 bridgehead atoms. The average Bonchev–Trinajstić information content (AvgIpc) is 4.10. The fourth-order valence-electron chi connectivity index (χ4n) is 7.65. The molecule has 0 radical (unpaired) electrons. The van der Waals surface area contributed by atoms with E-state index in [4.69, 9.17) is 0 Å². The summed E-state index contributed by atoms with van der Waals surface area (Å²) >= 11 is 0. The molecule has 2 saturated heterocycles. The number of amides is 4. The molecule has 2 aliphatic rings. The van der Waals surface area contributed by atoms with Crippen molar-refractivity contribution in [1.82, 2.24) is 28.9 Å². The topological polar surface area (TPSA) is 134 Å². The summed E-state index contributed by atoms with van der Waals surface area (Å²) in [6, 6.07) is 33.7. The highest BCUT2D eigenvalue weighted by Crippen LogP contribution is 2.24. The molecule has 4 heterocycles. The molecule has 0 aliphatic carbocycles. The van der Waals surface area contributed by atoms with E-state index < -0.39 is 12.1 Å². The third-order valence-electron chi connectivity index (χ3n) is 10.7. The van der Waals surface area contributed by atoms with E-state index in [1.165, 1.54) is 0 Å². The Hall–Kier alpha value is -7.08. The first-order valence-electron chi connectivity index (χ1n) is 19.6. The first kappa shape index (κ1) is 37.8. The number of hydrogen-bond donors (Lipinski definition) is 2. The van der Waals surface area contributed by atoms with Crippen LogP contribution in [0.15, 0.2) is 134 Å². The standard InChI is InChI=1S/C46H44N8O4/c55-43(39-13-7-27-53(39)45(57)41-47-25-29-51(41)31-35-9-3-1-4-10-35)49-37-21-17-33(18-22-37)15-16-34-19-23-38(24-20-34)50-44(56)40-14-8-28-54(40)46(58)42-48-26-30-52(42)32-36-11-5-2-6-12-36/h1-6,9-12,15-26,29-30,39-40H,7-8,13-14,27-28,31-32H2,(H,49,55)(H,50,56)/b16-15+/t39-,40-/m0/s1. The van der Waals surface area contributed by atoms with Crippen molar-refractivity contribution in [3.8, 4) is 0 Å². The molecule has 2 fully saturated rings. The monoisotopic (exact) mass is 772 g/mol. The summed E-state index contributed by atoms with van der Waals surface area (Å²) in [7, 11) is 0. The second kappa shape index (κ2) is 17.4. The summed E-state index contributed by atoms with van der Waals surface area (Å²) in [5, 5.41) is 5.99. The number of carbonyl (C=O) groups is 4. The van der Waals surface area contributed by atoms with Crippen LogP contribution in [0.2, 0.25) is 0 Å². The highest BCUT2D eigenvalue weighted by Gasteiger charge is 2.37. The molecular formula is C46H44N8O4. The number of nitrogens with zero attached hydrogens (tertiary/aromatic N) is 6. The van der Waals surface area contributed by atoms with Gasteiger partial charge in [-0.1, -0.05) is 97.1 Å². The smallest absolute Gasteiger partial charge is 0.290 e. The molecule has 0 unspecified atom stereocenters. The number of rotatable bonds is 12. The lowest BCUT2D eigenvalue weighted by atomic mass is 10.1. The lowest BCUT2D eigenvalue weighted by Gasteiger charge is -2.24. The number of benzene rings is 4. The number of hydrogen-bond acceptors (Lipinski definition) is 6. The maximum Gasteiger partial charge on any atom is 0.290 e. The minimum absolute atomic E-state index is 0.222. The van der Waals surface area contributed by atoms with Gasteiger partial charge < -0.3 is 29.6 Å². The number of carbonyl (C=O) groups excluding carboxylic acids is 4. The molecular weight excluding hydrogens is 729 g/mol. The number of likely N-dealkylation sites (tertiary alicyclic amines) is 2. The van der Waals surface area contributed by atoms with E-state index in [9.17, 15) is 19.2 Å². The minimum Gasteiger partial charge on any atom is -0.324 e. The van der Waals surface area contributed by atoms with Crippen LogP contribution in [-0.4, -0.2) is 77.7 Å². The van der Waals surface area contributed by atoms with Crippen LogP contribution in [-0.2, 0) is 22.7 Å². The van der Waals surface area contributed by atoms with Gasteiger partial charge in [0.2, 0.25) is 11.8 Å². The van der Waals surface area contributed by atoms with Crippen molar-refractivity contribution in [2.24, 2.45) is 0 Å². The predicted octanol–water partition coefficient (Wildman–Crippen LogP) is 6.83. The molecule has 292 valence electrons. The maximum atomic E-state index is 13.6. The molecule has 58 heavy (non-hydrogen) atoms. The zero-order valence-corrected chi connectivity index (χ0v) is 32.0. The van der Waals surface area contributed by atoms with Crippen molar-refractivity contribution in [1.29, 1.82) is 0 Å². The molecule has 4 amide bonds. The molecule has 2 N–H and O–H groups in total. The van der Waals surface area contributed by atoms with Gasteiger partial charge in [0, 0.05) is 62.3 Å². The Morgan fingerprint density at radius 1 is 0.552 bits per heavy atom. The Labute approximate surface area is 336 Å². The van der Waals surface area contributed by atoms with E-state index in [1.54, 1.807) is 34.6 Å². The largest absolute Gasteiger partial charge is 0.324 e. The number of imidazole rings is 2. The van der Waals surface area contributed by atoms with Crippen LogP contribution in [0.3, 0.4) is 0 Å². The van der Waals surface area contributed by atoms with E-state index in [2.05, 4.69) is 20.6 Å². The summed E-state index contributed by atoms with van der Waals surface area (Å²) in [5.74, 6) is -0.296. The van der Waals surface area contributed by atoms with Crippen molar-refractivity contribution >= 4 is 47.2 Å². The van der Waals surface area contributed by atoms with E-state index in [0.29, 0.717) is 62.0 Å². The Morgan fingerprint density at radius 2 is 0.948 bits per heavy atom. The fraction of sp³-hybridized carbons (Fsp3) is 0.217. The summed E-state index contributed by atoms with van der Waals surface area (Å²) in [6.45, 7) is 2.03. The van der Waals surface area contributed by atoms with E-state index in [-0.39, 0.29) is 23.6 Å². The molecule has 6 aromatic rings. The quantitative estimate of drug-likeness (QED) is 0.131. The molecule has 2 aliphatic heterocycles. The van der Waals surface area contributed by atoms with Gasteiger partial charge in [-0.05, 0) is 72.2 Å². The van der Waals surface area contributed by atoms with Gasteiger partial charge in [0.15, 0.2) is 11.6 Å². The van der Waals surface area contributed by atoms with Crippen LogP contribution in [0, 0.1) is 0 Å². The summed E-state index contributed by atoms with van der Waals surface area (Å²) in [4.78, 5) is 65.9. The van der Waals surface area contributed by atoms with Crippen molar-refractivity contribution < 1.29 is 19.2 Å². The highest BCUT2D eigenvalue weighted by atomic mass is 16.2. The lowest BCUT2D eigenvalue weighted by Crippen LogP contribution is -2.44. The molecule has 12 nitrogen and oxygen atoms in total. The van der Waals surface area contributed by atoms with E-state index >= 15 is 0 Å². The summed E-state index contributed by atoms with van der Waals surface area (Å²) in [5.41, 5.74) is 5.29. The Balaban J connectivity index is 0.832. The second-order valence-electron chi connectivity index (χ2n) is 14.6. The van der Waals surface area contributed by atoms with Crippen molar-refractivity contribution in [2.45, 2.75) is 50.9 Å². The minimum atomic E-state index is -0.582. The molecule has 2 atom stereocenters. The van der Waals surface area contributed by atoms with Crippen LogP contribution < -0.4 is 10.6 Å². The molecule has 2 aromatic heterocycles. The number of anilines is 2. The average molecular weight is 773 g/mol. The molecule has 12 heteroatoms. The molecule has 4 aromatic carbocycles. The Morgan fingerprint density at radius 3 is 1.34 bits per heavy atom. The van der Waals surface area contributed by atoms with Gasteiger partial charge in [0.25, 0.3) is 11.8 Å². The van der Waals surface area contributed by atoms with E-state index in [0.717, 1.165) is 35.1 Å². The van der Waals surface area contributed by atoms with Gasteiger partial charge in [-0.2, -0.15) is 0 Å². The van der Waals surface area contributed by atoms with Crippen LogP contribution in [0.4, 0.5) is 11.4 Å². The lowest BCUT2D eigenvalue weighted by molar-refractivity contribution is -0.120. The van der Waals surface area contributed by atoms with Gasteiger partial charge in [-0.3, -0.25) is 19.2 Å². The molecule has 0 spiro atoms. The zero-order valence-electron chi connectivity index (χ0n) is 32.0.